The number of aliphatic carboxylic acids is 1. The highest BCUT2D eigenvalue weighted by molar-refractivity contribution is 8.01. The fourth-order valence-corrected chi connectivity index (χ4v) is 4.81. The van der Waals surface area contributed by atoms with E-state index in [0.29, 0.717) is 17.3 Å². The van der Waals surface area contributed by atoms with Gasteiger partial charge in [-0.1, -0.05) is 47.2 Å². The molecule has 3 rings (SSSR count). The van der Waals surface area contributed by atoms with E-state index in [-0.39, 0.29) is 6.42 Å². The SMILES string of the molecule is COc1ccccc1-c1nc(NCc2ccc(Cl)cc2)sc1SCCC(=O)O. The van der Waals surface area contributed by atoms with Gasteiger partial charge in [-0.3, -0.25) is 4.79 Å². The lowest BCUT2D eigenvalue weighted by atomic mass is 10.1. The Hall–Kier alpha value is -2.22. The summed E-state index contributed by atoms with van der Waals surface area (Å²) in [5, 5.41) is 13.7. The number of methoxy groups -OCH3 is 1. The van der Waals surface area contributed by atoms with Gasteiger partial charge >= 0.3 is 5.97 Å². The van der Waals surface area contributed by atoms with E-state index in [0.717, 1.165) is 31.9 Å². The van der Waals surface area contributed by atoms with Crippen LogP contribution in [0.2, 0.25) is 5.02 Å². The Morgan fingerprint density at radius 1 is 1.25 bits per heavy atom. The molecule has 0 aliphatic rings. The average Bonchev–Trinajstić information content (AvgIpc) is 3.10. The smallest absolute Gasteiger partial charge is 0.304 e. The monoisotopic (exact) mass is 434 g/mol. The fraction of sp³-hybridized carbons (Fsp3) is 0.200. The van der Waals surface area contributed by atoms with E-state index in [4.69, 9.17) is 26.4 Å². The van der Waals surface area contributed by atoms with Crippen molar-refractivity contribution < 1.29 is 14.6 Å². The predicted octanol–water partition coefficient (Wildman–Crippen LogP) is 5.65. The number of benzene rings is 2. The van der Waals surface area contributed by atoms with Gasteiger partial charge in [0.1, 0.15) is 11.4 Å². The summed E-state index contributed by atoms with van der Waals surface area (Å²) in [5.41, 5.74) is 2.79. The number of rotatable bonds is 9. The van der Waals surface area contributed by atoms with Crippen molar-refractivity contribution in [3.63, 3.8) is 0 Å². The fourth-order valence-electron chi connectivity index (χ4n) is 2.50. The summed E-state index contributed by atoms with van der Waals surface area (Å²) in [4.78, 5) is 15.6. The summed E-state index contributed by atoms with van der Waals surface area (Å²) in [6.45, 7) is 0.620. The van der Waals surface area contributed by atoms with Crippen LogP contribution in [0.3, 0.4) is 0 Å². The first-order valence-corrected chi connectivity index (χ1v) is 10.7. The molecular formula is C20H19ClN2O3S2. The van der Waals surface area contributed by atoms with Crippen molar-refractivity contribution in [1.29, 1.82) is 0 Å². The molecule has 0 spiro atoms. The van der Waals surface area contributed by atoms with Crippen LogP contribution in [-0.2, 0) is 11.3 Å². The second-order valence-corrected chi connectivity index (χ2v) is 8.63. The van der Waals surface area contributed by atoms with Crippen LogP contribution >= 0.6 is 34.7 Å². The quantitative estimate of drug-likeness (QED) is 0.424. The number of thiazole rings is 1. The summed E-state index contributed by atoms with van der Waals surface area (Å²) in [5.74, 6) is 0.408. The molecule has 0 fully saturated rings. The van der Waals surface area contributed by atoms with Crippen LogP contribution in [0, 0.1) is 0 Å². The Kier molecular flexibility index (Phi) is 7.19. The van der Waals surface area contributed by atoms with Crippen LogP contribution < -0.4 is 10.1 Å². The predicted molar refractivity (Wildman–Crippen MR) is 116 cm³/mol. The third kappa shape index (κ3) is 5.41. The maximum Gasteiger partial charge on any atom is 0.304 e. The van der Waals surface area contributed by atoms with Gasteiger partial charge < -0.3 is 15.2 Å². The van der Waals surface area contributed by atoms with E-state index in [1.54, 1.807) is 7.11 Å². The zero-order valence-electron chi connectivity index (χ0n) is 15.1. The lowest BCUT2D eigenvalue weighted by molar-refractivity contribution is -0.136. The molecule has 28 heavy (non-hydrogen) atoms. The maximum atomic E-state index is 10.9. The number of carboxylic acid groups (broad SMARTS) is 1. The average molecular weight is 435 g/mol. The van der Waals surface area contributed by atoms with Gasteiger partial charge in [0.25, 0.3) is 0 Å². The number of nitrogens with zero attached hydrogens (tertiary/aromatic N) is 1. The molecule has 0 aliphatic heterocycles. The van der Waals surface area contributed by atoms with Crippen LogP contribution in [0.5, 0.6) is 5.75 Å². The first-order valence-electron chi connectivity index (χ1n) is 8.54. The van der Waals surface area contributed by atoms with E-state index >= 15 is 0 Å². The molecule has 0 saturated heterocycles. The Bertz CT molecular complexity index is 945. The number of carbonyl (C=O) groups is 1. The number of halogens is 1. The van der Waals surface area contributed by atoms with Crippen molar-refractivity contribution in [2.24, 2.45) is 0 Å². The van der Waals surface area contributed by atoms with E-state index < -0.39 is 5.97 Å². The molecule has 1 aromatic heterocycles. The van der Waals surface area contributed by atoms with Crippen LogP contribution in [0.25, 0.3) is 11.3 Å². The van der Waals surface area contributed by atoms with Crippen molar-refractivity contribution in [3.8, 4) is 17.0 Å². The topological polar surface area (TPSA) is 71.5 Å². The Labute approximate surface area is 176 Å². The third-order valence-corrected chi connectivity index (χ3v) is 6.39. The molecule has 0 aliphatic carbocycles. The normalized spacial score (nSPS) is 10.6. The number of hydrogen-bond donors (Lipinski definition) is 2. The second kappa shape index (κ2) is 9.82. The summed E-state index contributed by atoms with van der Waals surface area (Å²) in [6, 6.07) is 15.3. The Morgan fingerprint density at radius 3 is 2.71 bits per heavy atom. The van der Waals surface area contributed by atoms with Crippen LogP contribution in [0.1, 0.15) is 12.0 Å². The maximum absolute atomic E-state index is 10.9. The van der Waals surface area contributed by atoms with Crippen LogP contribution in [-0.4, -0.2) is 28.9 Å². The van der Waals surface area contributed by atoms with Gasteiger partial charge in [-0.25, -0.2) is 4.98 Å². The molecule has 0 bridgehead atoms. The van der Waals surface area contributed by atoms with Gasteiger partial charge in [-0.15, -0.1) is 11.8 Å². The third-order valence-electron chi connectivity index (χ3n) is 3.86. The molecule has 0 unspecified atom stereocenters. The van der Waals surface area contributed by atoms with Crippen molar-refractivity contribution >= 4 is 45.8 Å². The van der Waals surface area contributed by atoms with Gasteiger partial charge in [0.2, 0.25) is 0 Å². The number of para-hydroxylation sites is 1. The van der Waals surface area contributed by atoms with Crippen molar-refractivity contribution in [1.82, 2.24) is 4.98 Å². The molecule has 146 valence electrons. The standard InChI is InChI=1S/C20H19ClN2O3S2/c1-26-16-5-3-2-4-15(16)18-19(27-11-10-17(24)25)28-20(23-18)22-12-13-6-8-14(21)9-7-13/h2-9H,10-12H2,1H3,(H,22,23)(H,24,25). The molecule has 8 heteroatoms. The lowest BCUT2D eigenvalue weighted by Gasteiger charge is -2.07. The summed E-state index contributed by atoms with van der Waals surface area (Å²) in [6.07, 6.45) is 0.0987. The molecule has 2 aromatic carbocycles. The number of nitrogens with one attached hydrogen (secondary N) is 1. The molecule has 0 saturated carbocycles. The van der Waals surface area contributed by atoms with Gasteiger partial charge in [0.15, 0.2) is 5.13 Å². The minimum atomic E-state index is -0.808. The molecule has 0 amide bonds. The summed E-state index contributed by atoms with van der Waals surface area (Å²) < 4.78 is 6.44. The molecular weight excluding hydrogens is 416 g/mol. The second-order valence-electron chi connectivity index (χ2n) is 5.83. The number of anilines is 1. The molecule has 1 heterocycles. The van der Waals surface area contributed by atoms with Crippen molar-refractivity contribution in [3.05, 3.63) is 59.1 Å². The Morgan fingerprint density at radius 2 is 2.00 bits per heavy atom. The molecule has 2 N–H and O–H groups in total. The largest absolute Gasteiger partial charge is 0.496 e. The highest BCUT2D eigenvalue weighted by atomic mass is 35.5. The molecule has 3 aromatic rings. The summed E-state index contributed by atoms with van der Waals surface area (Å²) in [7, 11) is 1.63. The van der Waals surface area contributed by atoms with Crippen molar-refractivity contribution in [2.75, 3.05) is 18.2 Å². The molecule has 5 nitrogen and oxygen atoms in total. The van der Waals surface area contributed by atoms with E-state index in [1.165, 1.54) is 23.1 Å². The highest BCUT2D eigenvalue weighted by Crippen LogP contribution is 2.42. The lowest BCUT2D eigenvalue weighted by Crippen LogP contribution is -1.98. The van der Waals surface area contributed by atoms with Crippen LogP contribution in [0.15, 0.2) is 52.7 Å². The number of ether oxygens (including phenoxy) is 1. The number of hydrogen-bond acceptors (Lipinski definition) is 6. The number of thioether (sulfide) groups is 1. The zero-order chi connectivity index (χ0) is 19.9. The van der Waals surface area contributed by atoms with Gasteiger partial charge in [-0.05, 0) is 29.8 Å². The highest BCUT2D eigenvalue weighted by Gasteiger charge is 2.17. The minimum absolute atomic E-state index is 0.0987. The van der Waals surface area contributed by atoms with E-state index in [1.807, 2.05) is 48.5 Å². The van der Waals surface area contributed by atoms with Crippen LogP contribution in [0.4, 0.5) is 5.13 Å². The van der Waals surface area contributed by atoms with E-state index in [2.05, 4.69) is 5.32 Å². The first kappa shape index (κ1) is 20.5. The van der Waals surface area contributed by atoms with E-state index in [9.17, 15) is 4.79 Å². The minimum Gasteiger partial charge on any atom is -0.496 e. The Balaban J connectivity index is 1.83. The van der Waals surface area contributed by atoms with Gasteiger partial charge in [-0.2, -0.15) is 0 Å². The molecule has 0 radical (unpaired) electrons. The van der Waals surface area contributed by atoms with Gasteiger partial charge in [0, 0.05) is 22.9 Å². The van der Waals surface area contributed by atoms with Crippen molar-refractivity contribution in [2.45, 2.75) is 17.2 Å². The molecule has 0 atom stereocenters. The number of carboxylic acids is 1. The summed E-state index contributed by atoms with van der Waals surface area (Å²) >= 11 is 8.94. The first-order chi connectivity index (χ1) is 13.6. The number of aromatic nitrogens is 1. The van der Waals surface area contributed by atoms with Gasteiger partial charge in [0.05, 0.1) is 17.7 Å². The zero-order valence-corrected chi connectivity index (χ0v) is 17.5.